The normalized spacial score (nSPS) is 9.64. The van der Waals surface area contributed by atoms with Crippen LogP contribution < -0.4 is 5.59 Å². The smallest absolute Gasteiger partial charge is 0.422 e. The van der Waals surface area contributed by atoms with Gasteiger partial charge < -0.3 is 10.0 Å². The highest BCUT2D eigenvalue weighted by Gasteiger charge is 2.13. The van der Waals surface area contributed by atoms with Crippen LogP contribution in [0.25, 0.3) is 0 Å². The fraction of sp³-hybridized carbons (Fsp3) is 0.167. The molecule has 1 rings (SSSR count). The minimum absolute atomic E-state index is 0.256. The Morgan fingerprint density at radius 3 is 2.91 bits per heavy atom. The van der Waals surface area contributed by atoms with Crippen LogP contribution >= 0.6 is 0 Å². The van der Waals surface area contributed by atoms with E-state index < -0.39 is 7.12 Å². The summed E-state index contributed by atoms with van der Waals surface area (Å²) in [6.45, 7) is 4.10. The topological polar surface area (TPSA) is 58.3 Å². The molecule has 0 amide bonds. The van der Waals surface area contributed by atoms with Crippen molar-refractivity contribution in [2.45, 2.75) is 6.54 Å². The van der Waals surface area contributed by atoms with Gasteiger partial charge in [-0.25, -0.2) is 0 Å². The molecule has 0 aliphatic rings. The molecule has 11 heavy (non-hydrogen) atoms. The third-order valence-electron chi connectivity index (χ3n) is 1.24. The maximum absolute atomic E-state index is 8.66. The Balaban J connectivity index is 2.73. The average Bonchev–Trinajstić information content (AvgIpc) is 2.37. The van der Waals surface area contributed by atoms with E-state index in [1.807, 2.05) is 0 Å². The molecule has 0 saturated heterocycles. The summed E-state index contributed by atoms with van der Waals surface area (Å²) in [6, 6.07) is 1.55. The van der Waals surface area contributed by atoms with Crippen molar-refractivity contribution in [1.82, 2.24) is 9.78 Å². The molecule has 0 radical (unpaired) electrons. The third-order valence-corrected chi connectivity index (χ3v) is 1.24. The molecule has 5 heteroatoms. The summed E-state index contributed by atoms with van der Waals surface area (Å²) < 4.78 is 1.57. The number of hydrogen-bond acceptors (Lipinski definition) is 3. The first-order valence-electron chi connectivity index (χ1n) is 3.24. The first kappa shape index (κ1) is 8.04. The van der Waals surface area contributed by atoms with Crippen molar-refractivity contribution in [2.24, 2.45) is 0 Å². The first-order chi connectivity index (χ1) is 5.24. The van der Waals surface area contributed by atoms with Crippen LogP contribution in [-0.4, -0.2) is 26.9 Å². The summed E-state index contributed by atoms with van der Waals surface area (Å²) in [7, 11) is -1.49. The van der Waals surface area contributed by atoms with Gasteiger partial charge in [-0.05, 0) is 6.07 Å². The van der Waals surface area contributed by atoms with Gasteiger partial charge >= 0.3 is 7.12 Å². The molecule has 58 valence electrons. The molecule has 0 spiro atoms. The number of nitrogens with zero attached hydrogens (tertiary/aromatic N) is 2. The van der Waals surface area contributed by atoms with Crippen molar-refractivity contribution in [3.8, 4) is 0 Å². The van der Waals surface area contributed by atoms with Crippen LogP contribution in [0, 0.1) is 0 Å². The zero-order valence-electron chi connectivity index (χ0n) is 6.01. The highest BCUT2D eigenvalue weighted by molar-refractivity contribution is 6.57. The van der Waals surface area contributed by atoms with Crippen LogP contribution in [0.3, 0.4) is 0 Å². The fourth-order valence-electron chi connectivity index (χ4n) is 0.749. The second kappa shape index (κ2) is 3.36. The molecule has 0 aromatic carbocycles. The molecule has 0 aliphatic carbocycles. The summed E-state index contributed by atoms with van der Waals surface area (Å²) in [6.07, 6.45) is 3.34. The zero-order valence-corrected chi connectivity index (χ0v) is 6.01. The van der Waals surface area contributed by atoms with Crippen LogP contribution in [0.15, 0.2) is 24.9 Å². The molecule has 2 N–H and O–H groups in total. The Labute approximate surface area is 64.9 Å². The van der Waals surface area contributed by atoms with Crippen LogP contribution in [0.2, 0.25) is 0 Å². The fourth-order valence-corrected chi connectivity index (χ4v) is 0.749. The molecule has 0 bridgehead atoms. The van der Waals surface area contributed by atoms with E-state index in [4.69, 9.17) is 10.0 Å². The van der Waals surface area contributed by atoms with Gasteiger partial charge in [-0.1, -0.05) is 6.08 Å². The van der Waals surface area contributed by atoms with E-state index in [0.717, 1.165) is 0 Å². The molecule has 1 heterocycles. The predicted molar refractivity (Wildman–Crippen MR) is 42.2 cm³/mol. The standard InChI is InChI=1S/C6H9BN2O2/c1-2-4-9-5-3-6(8-9)7(10)11/h2-3,5,10-11H,1,4H2. The average molecular weight is 152 g/mol. The van der Waals surface area contributed by atoms with Crippen LogP contribution in [0.1, 0.15) is 0 Å². The van der Waals surface area contributed by atoms with Gasteiger partial charge in [0.25, 0.3) is 0 Å². The van der Waals surface area contributed by atoms with Gasteiger partial charge in [0.05, 0.1) is 12.1 Å². The van der Waals surface area contributed by atoms with Crippen molar-refractivity contribution >= 4 is 12.7 Å². The lowest BCUT2D eigenvalue weighted by molar-refractivity contribution is 0.423. The maximum Gasteiger partial charge on any atom is 0.510 e. The van der Waals surface area contributed by atoms with Crippen molar-refractivity contribution in [2.75, 3.05) is 0 Å². The molecular formula is C6H9BN2O2. The largest absolute Gasteiger partial charge is 0.510 e. The summed E-state index contributed by atoms with van der Waals surface area (Å²) in [4.78, 5) is 0. The van der Waals surface area contributed by atoms with E-state index in [-0.39, 0.29) is 5.59 Å². The molecule has 4 nitrogen and oxygen atoms in total. The number of hydrogen-bond donors (Lipinski definition) is 2. The molecule has 0 unspecified atom stereocenters. The summed E-state index contributed by atoms with van der Waals surface area (Å²) in [5.74, 6) is 0. The van der Waals surface area contributed by atoms with Crippen LogP contribution in [0.4, 0.5) is 0 Å². The van der Waals surface area contributed by atoms with Crippen molar-refractivity contribution in [3.63, 3.8) is 0 Å². The van der Waals surface area contributed by atoms with E-state index in [1.165, 1.54) is 0 Å². The SMILES string of the molecule is C=CCn1ccc(B(O)O)n1. The van der Waals surface area contributed by atoms with Gasteiger partial charge in [0.15, 0.2) is 0 Å². The van der Waals surface area contributed by atoms with Gasteiger partial charge in [0.1, 0.15) is 0 Å². The Bertz CT molecular complexity index is 246. The Hall–Kier alpha value is -1.07. The quantitative estimate of drug-likeness (QED) is 0.420. The molecule has 1 aromatic rings. The first-order valence-corrected chi connectivity index (χ1v) is 3.24. The van der Waals surface area contributed by atoms with E-state index in [0.29, 0.717) is 6.54 Å². The monoisotopic (exact) mass is 152 g/mol. The van der Waals surface area contributed by atoms with Crippen molar-refractivity contribution in [1.29, 1.82) is 0 Å². The second-order valence-electron chi connectivity index (χ2n) is 2.12. The maximum atomic E-state index is 8.66. The van der Waals surface area contributed by atoms with Crippen molar-refractivity contribution < 1.29 is 10.0 Å². The van der Waals surface area contributed by atoms with Gasteiger partial charge in [-0.15, -0.1) is 6.58 Å². The van der Waals surface area contributed by atoms with E-state index in [2.05, 4.69) is 11.7 Å². The predicted octanol–water partition coefficient (Wildman–Crippen LogP) is -1.25. The lowest BCUT2D eigenvalue weighted by Crippen LogP contribution is -2.31. The van der Waals surface area contributed by atoms with E-state index >= 15 is 0 Å². The molecule has 0 atom stereocenters. The lowest BCUT2D eigenvalue weighted by Gasteiger charge is -1.93. The second-order valence-corrected chi connectivity index (χ2v) is 2.12. The van der Waals surface area contributed by atoms with Crippen LogP contribution in [-0.2, 0) is 6.54 Å². The summed E-state index contributed by atoms with van der Waals surface area (Å²) >= 11 is 0. The minimum Gasteiger partial charge on any atom is -0.422 e. The third kappa shape index (κ3) is 1.93. The Morgan fingerprint density at radius 2 is 2.45 bits per heavy atom. The van der Waals surface area contributed by atoms with Gasteiger partial charge in [-0.3, -0.25) is 4.68 Å². The van der Waals surface area contributed by atoms with E-state index in [9.17, 15) is 0 Å². The van der Waals surface area contributed by atoms with Crippen LogP contribution in [0.5, 0.6) is 0 Å². The Morgan fingerprint density at radius 1 is 1.73 bits per heavy atom. The van der Waals surface area contributed by atoms with Crippen molar-refractivity contribution in [3.05, 3.63) is 24.9 Å². The molecule has 0 aliphatic heterocycles. The van der Waals surface area contributed by atoms with Gasteiger partial charge in [0.2, 0.25) is 0 Å². The van der Waals surface area contributed by atoms with Gasteiger partial charge in [0, 0.05) is 6.20 Å². The molecule has 0 fully saturated rings. The molecular weight excluding hydrogens is 143 g/mol. The highest BCUT2D eigenvalue weighted by Crippen LogP contribution is 1.83. The lowest BCUT2D eigenvalue weighted by atomic mass is 9.87. The number of allylic oxidation sites excluding steroid dienone is 1. The zero-order chi connectivity index (χ0) is 8.27. The van der Waals surface area contributed by atoms with E-state index in [1.54, 1.807) is 23.0 Å². The number of aromatic nitrogens is 2. The molecule has 0 saturated carbocycles. The van der Waals surface area contributed by atoms with Gasteiger partial charge in [-0.2, -0.15) is 5.10 Å². The minimum atomic E-state index is -1.49. The highest BCUT2D eigenvalue weighted by atomic mass is 16.4. The summed E-state index contributed by atoms with van der Waals surface area (Å²) in [5, 5.41) is 21.2. The molecule has 1 aromatic heterocycles. The number of rotatable bonds is 3. The Kier molecular flexibility index (Phi) is 2.46. The summed E-state index contributed by atoms with van der Waals surface area (Å²) in [5.41, 5.74) is 0.256.